The third-order valence-corrected chi connectivity index (χ3v) is 5.25. The third-order valence-electron chi connectivity index (χ3n) is 4.48. The van der Waals surface area contributed by atoms with E-state index in [1.807, 2.05) is 30.1 Å². The highest BCUT2D eigenvalue weighted by atomic mass is 79.9. The van der Waals surface area contributed by atoms with Crippen molar-refractivity contribution in [3.8, 4) is 0 Å². The quantitative estimate of drug-likeness (QED) is 0.829. The Morgan fingerprint density at radius 1 is 1.36 bits per heavy atom. The number of nitrogens with one attached hydrogen (secondary N) is 1. The molecule has 0 bridgehead atoms. The Kier molecular flexibility index (Phi) is 8.44. The van der Waals surface area contributed by atoms with E-state index in [1.165, 1.54) is 12.8 Å². The van der Waals surface area contributed by atoms with Crippen LogP contribution in [0.5, 0.6) is 0 Å². The molecule has 1 fully saturated rings. The average Bonchev–Trinajstić information content (AvgIpc) is 2.50. The second-order valence-electron chi connectivity index (χ2n) is 6.11. The van der Waals surface area contributed by atoms with E-state index in [4.69, 9.17) is 0 Å². The molecule has 22 heavy (non-hydrogen) atoms. The van der Waals surface area contributed by atoms with Gasteiger partial charge >= 0.3 is 0 Å². The van der Waals surface area contributed by atoms with Gasteiger partial charge in [-0.15, -0.1) is 12.4 Å². The molecule has 0 spiro atoms. The van der Waals surface area contributed by atoms with Crippen molar-refractivity contribution < 1.29 is 4.79 Å². The van der Waals surface area contributed by atoms with Gasteiger partial charge in [0.25, 0.3) is 0 Å². The number of benzene rings is 1. The van der Waals surface area contributed by atoms with E-state index in [2.05, 4.69) is 34.2 Å². The molecule has 0 aliphatic carbocycles. The largest absolute Gasteiger partial charge is 0.341 e. The fourth-order valence-electron chi connectivity index (χ4n) is 2.98. The number of hydrogen-bond acceptors (Lipinski definition) is 2. The van der Waals surface area contributed by atoms with Crippen LogP contribution < -0.4 is 5.32 Å². The standard InChI is InChI=1S/C17H25BrN2O.ClH/c1-13(14-7-9-19-10-8-14)11-17(21)20(2)12-15-5-3-4-6-16(15)18;/h3-6,13-14,19H,7-12H2,1-2H3;1H. The topological polar surface area (TPSA) is 32.3 Å². The second-order valence-corrected chi connectivity index (χ2v) is 6.96. The molecule has 0 saturated carbocycles. The first-order chi connectivity index (χ1) is 10.1. The van der Waals surface area contributed by atoms with Crippen LogP contribution >= 0.6 is 28.3 Å². The van der Waals surface area contributed by atoms with Gasteiger partial charge in [0, 0.05) is 24.5 Å². The zero-order valence-electron chi connectivity index (χ0n) is 13.3. The van der Waals surface area contributed by atoms with Gasteiger partial charge in [-0.2, -0.15) is 0 Å². The molecular formula is C17H26BrClN2O. The van der Waals surface area contributed by atoms with E-state index in [0.29, 0.717) is 24.8 Å². The maximum absolute atomic E-state index is 12.4. The second kappa shape index (κ2) is 9.53. The summed E-state index contributed by atoms with van der Waals surface area (Å²) in [5.41, 5.74) is 1.16. The van der Waals surface area contributed by atoms with Crippen molar-refractivity contribution in [3.05, 3.63) is 34.3 Å². The summed E-state index contributed by atoms with van der Waals surface area (Å²) < 4.78 is 1.07. The Morgan fingerprint density at radius 2 is 2.00 bits per heavy atom. The van der Waals surface area contributed by atoms with Crippen molar-refractivity contribution in [1.29, 1.82) is 0 Å². The Balaban J connectivity index is 0.00000242. The summed E-state index contributed by atoms with van der Waals surface area (Å²) in [4.78, 5) is 14.3. The number of halogens is 2. The minimum Gasteiger partial charge on any atom is -0.341 e. The van der Waals surface area contributed by atoms with Crippen LogP contribution in [0.2, 0.25) is 0 Å². The molecule has 124 valence electrons. The zero-order valence-corrected chi connectivity index (χ0v) is 15.8. The molecule has 1 aliphatic rings. The molecule has 1 atom stereocenters. The molecule has 1 N–H and O–H groups in total. The minimum atomic E-state index is 0. The lowest BCUT2D eigenvalue weighted by atomic mass is 9.84. The van der Waals surface area contributed by atoms with E-state index >= 15 is 0 Å². The van der Waals surface area contributed by atoms with Crippen molar-refractivity contribution in [1.82, 2.24) is 10.2 Å². The van der Waals surface area contributed by atoms with E-state index in [1.54, 1.807) is 0 Å². The van der Waals surface area contributed by atoms with Crippen LogP contribution in [0.3, 0.4) is 0 Å². The number of carbonyl (C=O) groups excluding carboxylic acids is 1. The maximum Gasteiger partial charge on any atom is 0.222 e. The van der Waals surface area contributed by atoms with Gasteiger partial charge in [-0.3, -0.25) is 4.79 Å². The van der Waals surface area contributed by atoms with Gasteiger partial charge in [-0.25, -0.2) is 0 Å². The Labute approximate surface area is 148 Å². The summed E-state index contributed by atoms with van der Waals surface area (Å²) in [7, 11) is 1.90. The normalized spacial score (nSPS) is 16.7. The molecule has 3 nitrogen and oxygen atoms in total. The molecule has 1 aliphatic heterocycles. The van der Waals surface area contributed by atoms with Crippen molar-refractivity contribution in [2.24, 2.45) is 11.8 Å². The average molecular weight is 390 g/mol. The number of amides is 1. The number of rotatable bonds is 5. The fourth-order valence-corrected chi connectivity index (χ4v) is 3.39. The SMILES string of the molecule is CC(CC(=O)N(C)Cc1ccccc1Br)C1CCNCC1.Cl. The van der Waals surface area contributed by atoms with Crippen LogP contribution in [0.25, 0.3) is 0 Å². The van der Waals surface area contributed by atoms with Crippen LogP contribution in [-0.2, 0) is 11.3 Å². The number of hydrogen-bond donors (Lipinski definition) is 1. The van der Waals surface area contributed by atoms with Crippen LogP contribution in [0.15, 0.2) is 28.7 Å². The third kappa shape index (κ3) is 5.56. The van der Waals surface area contributed by atoms with Gasteiger partial charge in [0.05, 0.1) is 0 Å². The molecule has 2 rings (SSSR count). The highest BCUT2D eigenvalue weighted by Crippen LogP contribution is 2.25. The van der Waals surface area contributed by atoms with E-state index < -0.39 is 0 Å². The highest BCUT2D eigenvalue weighted by molar-refractivity contribution is 9.10. The van der Waals surface area contributed by atoms with Crippen molar-refractivity contribution in [2.45, 2.75) is 32.7 Å². The summed E-state index contributed by atoms with van der Waals surface area (Å²) in [6, 6.07) is 8.08. The predicted octanol–water partition coefficient (Wildman–Crippen LogP) is 3.86. The number of carbonyl (C=O) groups is 1. The van der Waals surface area contributed by atoms with Gasteiger partial charge < -0.3 is 10.2 Å². The lowest BCUT2D eigenvalue weighted by molar-refractivity contribution is -0.131. The van der Waals surface area contributed by atoms with Crippen molar-refractivity contribution in [2.75, 3.05) is 20.1 Å². The zero-order chi connectivity index (χ0) is 15.2. The fraction of sp³-hybridized carbons (Fsp3) is 0.588. The predicted molar refractivity (Wildman–Crippen MR) is 97.2 cm³/mol. The Bertz CT molecular complexity index is 477. The van der Waals surface area contributed by atoms with E-state index in [9.17, 15) is 4.79 Å². The number of nitrogens with zero attached hydrogens (tertiary/aromatic N) is 1. The molecule has 1 heterocycles. The first kappa shape index (κ1) is 19.5. The lowest BCUT2D eigenvalue weighted by Gasteiger charge is -2.29. The molecule has 0 aromatic heterocycles. The molecule has 1 aromatic carbocycles. The van der Waals surface area contributed by atoms with Crippen molar-refractivity contribution >= 4 is 34.2 Å². The molecule has 5 heteroatoms. The molecule has 1 unspecified atom stereocenters. The summed E-state index contributed by atoms with van der Waals surface area (Å²) >= 11 is 3.54. The van der Waals surface area contributed by atoms with Gasteiger partial charge in [0.15, 0.2) is 0 Å². The minimum absolute atomic E-state index is 0. The first-order valence-electron chi connectivity index (χ1n) is 7.76. The smallest absolute Gasteiger partial charge is 0.222 e. The first-order valence-corrected chi connectivity index (χ1v) is 8.55. The maximum atomic E-state index is 12.4. The molecule has 1 amide bonds. The van der Waals surface area contributed by atoms with Crippen LogP contribution in [0, 0.1) is 11.8 Å². The van der Waals surface area contributed by atoms with Gasteiger partial charge in [-0.1, -0.05) is 41.1 Å². The van der Waals surface area contributed by atoms with E-state index in [0.717, 1.165) is 23.1 Å². The lowest BCUT2D eigenvalue weighted by Crippen LogP contribution is -2.34. The molecular weight excluding hydrogens is 364 g/mol. The van der Waals surface area contributed by atoms with Crippen LogP contribution in [-0.4, -0.2) is 30.9 Å². The van der Waals surface area contributed by atoms with Gasteiger partial charge in [-0.05, 0) is 49.4 Å². The Hall–Kier alpha value is -0.580. The molecule has 1 aromatic rings. The summed E-state index contributed by atoms with van der Waals surface area (Å²) in [6.45, 7) is 5.07. The van der Waals surface area contributed by atoms with Crippen molar-refractivity contribution in [3.63, 3.8) is 0 Å². The summed E-state index contributed by atoms with van der Waals surface area (Å²) in [5, 5.41) is 3.38. The Morgan fingerprint density at radius 3 is 2.64 bits per heavy atom. The monoisotopic (exact) mass is 388 g/mol. The van der Waals surface area contributed by atoms with Crippen LogP contribution in [0.1, 0.15) is 31.7 Å². The highest BCUT2D eigenvalue weighted by Gasteiger charge is 2.23. The summed E-state index contributed by atoms with van der Waals surface area (Å²) in [6.07, 6.45) is 3.05. The van der Waals surface area contributed by atoms with Gasteiger partial charge in [0.2, 0.25) is 5.91 Å². The van der Waals surface area contributed by atoms with E-state index in [-0.39, 0.29) is 18.3 Å². The van der Waals surface area contributed by atoms with Gasteiger partial charge in [0.1, 0.15) is 0 Å². The molecule has 0 radical (unpaired) electrons. The number of piperidine rings is 1. The van der Waals surface area contributed by atoms with Crippen LogP contribution in [0.4, 0.5) is 0 Å². The summed E-state index contributed by atoms with van der Waals surface area (Å²) in [5.74, 6) is 1.41. The molecule has 1 saturated heterocycles.